The van der Waals surface area contributed by atoms with Gasteiger partial charge in [-0.05, 0) is 49.6 Å². The lowest BCUT2D eigenvalue weighted by Crippen LogP contribution is -2.35. The van der Waals surface area contributed by atoms with E-state index in [9.17, 15) is 18.0 Å². The van der Waals surface area contributed by atoms with E-state index >= 15 is 0 Å². The molecule has 184 valence electrons. The standard InChI is InChI=1S/C24H30N2O7S/c1-18-10-11-19(34(29,30)26-13-6-3-7-14-26)16-20(18)25-23(27)17-33-24(28)12-15-32-22-9-5-4-8-21(22)31-2/h4-5,8-11,16H,3,6-7,12-15,17H2,1-2H3,(H,25,27). The summed E-state index contributed by atoms with van der Waals surface area (Å²) < 4.78 is 43.0. The van der Waals surface area contributed by atoms with E-state index in [1.54, 1.807) is 37.3 Å². The molecule has 0 aromatic heterocycles. The first kappa shape index (κ1) is 25.5. The number of esters is 1. The summed E-state index contributed by atoms with van der Waals surface area (Å²) in [5.74, 6) is -0.0987. The SMILES string of the molecule is COc1ccccc1OCCC(=O)OCC(=O)Nc1cc(S(=O)(=O)N2CCCCC2)ccc1C. The molecule has 0 spiro atoms. The number of amides is 1. The maximum absolute atomic E-state index is 12.9. The number of anilines is 1. The molecule has 1 saturated heterocycles. The number of nitrogens with one attached hydrogen (secondary N) is 1. The molecule has 0 radical (unpaired) electrons. The second-order valence-corrected chi connectivity index (χ2v) is 9.84. The number of rotatable bonds is 10. The zero-order valence-corrected chi connectivity index (χ0v) is 20.2. The van der Waals surface area contributed by atoms with Gasteiger partial charge in [0.1, 0.15) is 0 Å². The molecule has 0 saturated carbocycles. The molecule has 1 N–H and O–H groups in total. The van der Waals surface area contributed by atoms with Crippen LogP contribution in [0.1, 0.15) is 31.2 Å². The Morgan fingerprint density at radius 2 is 1.74 bits per heavy atom. The van der Waals surface area contributed by atoms with Gasteiger partial charge in [-0.2, -0.15) is 4.31 Å². The Balaban J connectivity index is 1.50. The van der Waals surface area contributed by atoms with Gasteiger partial charge in [-0.1, -0.05) is 24.6 Å². The van der Waals surface area contributed by atoms with E-state index in [1.165, 1.54) is 23.5 Å². The monoisotopic (exact) mass is 490 g/mol. The van der Waals surface area contributed by atoms with Gasteiger partial charge in [-0.15, -0.1) is 0 Å². The average molecular weight is 491 g/mol. The first-order valence-electron chi connectivity index (χ1n) is 11.1. The molecule has 1 heterocycles. The van der Waals surface area contributed by atoms with E-state index in [-0.39, 0.29) is 17.9 Å². The number of sulfonamides is 1. The number of hydrogen-bond donors (Lipinski definition) is 1. The van der Waals surface area contributed by atoms with E-state index in [0.29, 0.717) is 35.8 Å². The molecule has 0 unspecified atom stereocenters. The highest BCUT2D eigenvalue weighted by atomic mass is 32.2. The van der Waals surface area contributed by atoms with Crippen LogP contribution in [-0.2, 0) is 24.3 Å². The van der Waals surface area contributed by atoms with Gasteiger partial charge in [-0.3, -0.25) is 9.59 Å². The Kier molecular flexibility index (Phi) is 8.89. The summed E-state index contributed by atoms with van der Waals surface area (Å²) in [5, 5.41) is 2.63. The molecule has 0 atom stereocenters. The minimum absolute atomic E-state index is 0.0477. The molecule has 1 aliphatic rings. The number of aryl methyl sites for hydroxylation is 1. The highest BCUT2D eigenvalue weighted by molar-refractivity contribution is 7.89. The zero-order chi connectivity index (χ0) is 24.6. The molecule has 3 rings (SSSR count). The predicted molar refractivity (Wildman–Crippen MR) is 126 cm³/mol. The Hall–Kier alpha value is -3.11. The summed E-state index contributed by atoms with van der Waals surface area (Å²) in [6.07, 6.45) is 2.65. The Morgan fingerprint density at radius 3 is 2.44 bits per heavy atom. The van der Waals surface area contributed by atoms with E-state index in [4.69, 9.17) is 14.2 Å². The third kappa shape index (κ3) is 6.71. The number of para-hydroxylation sites is 2. The molecule has 1 aliphatic heterocycles. The van der Waals surface area contributed by atoms with Crippen LogP contribution in [0.15, 0.2) is 47.4 Å². The van der Waals surface area contributed by atoms with Crippen molar-refractivity contribution in [2.75, 3.05) is 38.7 Å². The van der Waals surface area contributed by atoms with Gasteiger partial charge in [0.15, 0.2) is 18.1 Å². The third-order valence-corrected chi connectivity index (χ3v) is 7.33. The zero-order valence-electron chi connectivity index (χ0n) is 19.4. The maximum Gasteiger partial charge on any atom is 0.309 e. The third-order valence-electron chi connectivity index (χ3n) is 5.43. The van der Waals surface area contributed by atoms with Crippen molar-refractivity contribution >= 4 is 27.6 Å². The number of nitrogens with zero attached hydrogens (tertiary/aromatic N) is 1. The van der Waals surface area contributed by atoms with Crippen LogP contribution in [0.2, 0.25) is 0 Å². The van der Waals surface area contributed by atoms with E-state index in [0.717, 1.165) is 19.3 Å². The fourth-order valence-corrected chi connectivity index (χ4v) is 5.08. The lowest BCUT2D eigenvalue weighted by Gasteiger charge is -2.26. The topological polar surface area (TPSA) is 111 Å². The summed E-state index contributed by atoms with van der Waals surface area (Å²) in [5.41, 5.74) is 1.06. The summed E-state index contributed by atoms with van der Waals surface area (Å²) in [7, 11) is -2.10. The van der Waals surface area contributed by atoms with Crippen molar-refractivity contribution in [3.05, 3.63) is 48.0 Å². The maximum atomic E-state index is 12.9. The van der Waals surface area contributed by atoms with Crippen molar-refractivity contribution < 1.29 is 32.2 Å². The molecule has 10 heteroatoms. The first-order chi connectivity index (χ1) is 16.3. The van der Waals surface area contributed by atoms with Crippen molar-refractivity contribution in [1.82, 2.24) is 4.31 Å². The minimum Gasteiger partial charge on any atom is -0.493 e. The molecule has 2 aromatic carbocycles. The number of benzene rings is 2. The summed E-state index contributed by atoms with van der Waals surface area (Å²) in [4.78, 5) is 24.4. The number of methoxy groups -OCH3 is 1. The number of carbonyl (C=O) groups excluding carboxylic acids is 2. The number of piperidine rings is 1. The van der Waals surface area contributed by atoms with Crippen molar-refractivity contribution in [3.8, 4) is 11.5 Å². The van der Waals surface area contributed by atoms with Crippen LogP contribution >= 0.6 is 0 Å². The van der Waals surface area contributed by atoms with E-state index in [2.05, 4.69) is 5.32 Å². The average Bonchev–Trinajstić information content (AvgIpc) is 2.85. The summed E-state index contributed by atoms with van der Waals surface area (Å²) in [6, 6.07) is 11.7. The van der Waals surface area contributed by atoms with Crippen LogP contribution in [-0.4, -0.2) is 58.0 Å². The van der Waals surface area contributed by atoms with Crippen molar-refractivity contribution in [1.29, 1.82) is 0 Å². The quantitative estimate of drug-likeness (QED) is 0.509. The number of ether oxygens (including phenoxy) is 3. The molecule has 1 fully saturated rings. The smallest absolute Gasteiger partial charge is 0.309 e. The summed E-state index contributed by atoms with van der Waals surface area (Å²) >= 11 is 0. The molecule has 34 heavy (non-hydrogen) atoms. The molecular weight excluding hydrogens is 460 g/mol. The van der Waals surface area contributed by atoms with Gasteiger partial charge in [0.05, 0.1) is 25.0 Å². The summed E-state index contributed by atoms with van der Waals surface area (Å²) in [6.45, 7) is 2.32. The van der Waals surface area contributed by atoms with E-state index < -0.39 is 28.5 Å². The lowest BCUT2D eigenvalue weighted by atomic mass is 10.2. The normalized spacial score (nSPS) is 14.3. The molecular formula is C24H30N2O7S. The van der Waals surface area contributed by atoms with Gasteiger partial charge < -0.3 is 19.5 Å². The number of carbonyl (C=O) groups is 2. The minimum atomic E-state index is -3.63. The van der Waals surface area contributed by atoms with Crippen LogP contribution in [0, 0.1) is 6.92 Å². The first-order valence-corrected chi connectivity index (χ1v) is 12.6. The second-order valence-electron chi connectivity index (χ2n) is 7.90. The van der Waals surface area contributed by atoms with Gasteiger partial charge in [-0.25, -0.2) is 8.42 Å². The highest BCUT2D eigenvalue weighted by Crippen LogP contribution is 2.26. The largest absolute Gasteiger partial charge is 0.493 e. The van der Waals surface area contributed by atoms with Crippen LogP contribution < -0.4 is 14.8 Å². The molecule has 0 bridgehead atoms. The van der Waals surface area contributed by atoms with Crippen LogP contribution in [0.3, 0.4) is 0 Å². The van der Waals surface area contributed by atoms with Crippen molar-refractivity contribution in [2.45, 2.75) is 37.5 Å². The lowest BCUT2D eigenvalue weighted by molar-refractivity contribution is -0.147. The fraction of sp³-hybridized carbons (Fsp3) is 0.417. The van der Waals surface area contributed by atoms with Crippen LogP contribution in [0.5, 0.6) is 11.5 Å². The Labute approximate surface area is 200 Å². The Bertz CT molecular complexity index is 1110. The van der Waals surface area contributed by atoms with Crippen molar-refractivity contribution in [3.63, 3.8) is 0 Å². The molecule has 9 nitrogen and oxygen atoms in total. The van der Waals surface area contributed by atoms with Gasteiger partial charge >= 0.3 is 5.97 Å². The van der Waals surface area contributed by atoms with E-state index in [1.807, 2.05) is 0 Å². The van der Waals surface area contributed by atoms with Crippen LogP contribution in [0.25, 0.3) is 0 Å². The van der Waals surface area contributed by atoms with Crippen LogP contribution in [0.4, 0.5) is 5.69 Å². The van der Waals surface area contributed by atoms with Gasteiger partial charge in [0.25, 0.3) is 5.91 Å². The molecule has 0 aliphatic carbocycles. The highest BCUT2D eigenvalue weighted by Gasteiger charge is 2.26. The van der Waals surface area contributed by atoms with Gasteiger partial charge in [0.2, 0.25) is 10.0 Å². The fourth-order valence-electron chi connectivity index (χ4n) is 3.54. The molecule has 2 aromatic rings. The predicted octanol–water partition coefficient (Wildman–Crippen LogP) is 3.13. The Morgan fingerprint density at radius 1 is 1.03 bits per heavy atom. The van der Waals surface area contributed by atoms with Crippen molar-refractivity contribution in [2.24, 2.45) is 0 Å². The van der Waals surface area contributed by atoms with Gasteiger partial charge in [0, 0.05) is 18.8 Å². The second kappa shape index (κ2) is 11.8. The number of hydrogen-bond acceptors (Lipinski definition) is 7. The molecule has 1 amide bonds.